The van der Waals surface area contributed by atoms with Gasteiger partial charge in [-0.25, -0.2) is 0 Å². The first kappa shape index (κ1) is 25.3. The molecule has 3 rings (SSSR count). The van der Waals surface area contributed by atoms with Gasteiger partial charge in [-0.05, 0) is 75.6 Å². The molecule has 6 heteroatoms. The standard InChI is InChI=1S/C27H38N2O3S/c1-18(2)14-25(30)29(27(5,6)7)16-26(31)28-12-10-24-21(11-13-33-24)22(28)17-32-23-9-8-19(3)15-20(23)4/h8-9,11,13,15,18,22H,10,12,14,16-17H2,1-7H3. The summed E-state index contributed by atoms with van der Waals surface area (Å²) in [7, 11) is 0. The van der Waals surface area contributed by atoms with E-state index in [1.165, 1.54) is 16.0 Å². The van der Waals surface area contributed by atoms with Crippen molar-refractivity contribution >= 4 is 23.2 Å². The fraction of sp³-hybridized carbons (Fsp3) is 0.556. The molecule has 0 saturated carbocycles. The number of rotatable bonds is 7. The van der Waals surface area contributed by atoms with Gasteiger partial charge in [0, 0.05) is 23.4 Å². The normalized spacial score (nSPS) is 16.0. The third-order valence-electron chi connectivity index (χ3n) is 6.13. The highest BCUT2D eigenvalue weighted by molar-refractivity contribution is 7.10. The van der Waals surface area contributed by atoms with Crippen molar-refractivity contribution in [1.29, 1.82) is 0 Å². The second-order valence-electron chi connectivity index (χ2n) is 10.5. The third kappa shape index (κ3) is 6.17. The Balaban J connectivity index is 1.81. The Kier molecular flexibility index (Phi) is 7.88. The number of hydrogen-bond donors (Lipinski definition) is 0. The van der Waals surface area contributed by atoms with E-state index in [2.05, 4.69) is 24.4 Å². The van der Waals surface area contributed by atoms with E-state index in [-0.39, 0.29) is 30.3 Å². The lowest BCUT2D eigenvalue weighted by atomic mass is 9.99. The maximum Gasteiger partial charge on any atom is 0.242 e. The van der Waals surface area contributed by atoms with Gasteiger partial charge in [-0.3, -0.25) is 9.59 Å². The van der Waals surface area contributed by atoms with Crippen molar-refractivity contribution in [1.82, 2.24) is 9.80 Å². The fourth-order valence-corrected chi connectivity index (χ4v) is 5.32. The predicted molar refractivity (Wildman–Crippen MR) is 135 cm³/mol. The van der Waals surface area contributed by atoms with Crippen LogP contribution in [0.25, 0.3) is 0 Å². The van der Waals surface area contributed by atoms with Crippen LogP contribution in [-0.4, -0.2) is 46.8 Å². The molecule has 5 nitrogen and oxygen atoms in total. The highest BCUT2D eigenvalue weighted by Crippen LogP contribution is 2.34. The monoisotopic (exact) mass is 470 g/mol. The van der Waals surface area contributed by atoms with Crippen molar-refractivity contribution in [3.8, 4) is 5.75 Å². The molecular weight excluding hydrogens is 432 g/mol. The van der Waals surface area contributed by atoms with Crippen LogP contribution in [0.2, 0.25) is 0 Å². The zero-order valence-electron chi connectivity index (χ0n) is 21.1. The van der Waals surface area contributed by atoms with Crippen LogP contribution in [-0.2, 0) is 16.0 Å². The second kappa shape index (κ2) is 10.3. The van der Waals surface area contributed by atoms with E-state index in [0.29, 0.717) is 19.6 Å². The van der Waals surface area contributed by atoms with E-state index in [0.717, 1.165) is 17.7 Å². The number of hydrogen-bond acceptors (Lipinski definition) is 4. The molecule has 1 aliphatic rings. The Morgan fingerprint density at radius 2 is 1.94 bits per heavy atom. The molecule has 1 aromatic heterocycles. The molecule has 0 N–H and O–H groups in total. The molecule has 0 fully saturated rings. The quantitative estimate of drug-likeness (QED) is 0.534. The van der Waals surface area contributed by atoms with Gasteiger partial charge in [0.15, 0.2) is 0 Å². The van der Waals surface area contributed by atoms with E-state index in [1.807, 2.05) is 58.6 Å². The summed E-state index contributed by atoms with van der Waals surface area (Å²) in [6.07, 6.45) is 1.28. The number of fused-ring (bicyclic) bond motifs is 1. The van der Waals surface area contributed by atoms with Gasteiger partial charge >= 0.3 is 0 Å². The summed E-state index contributed by atoms with van der Waals surface area (Å²) in [4.78, 5) is 31.5. The molecule has 0 aliphatic carbocycles. The SMILES string of the molecule is Cc1ccc(OCC2c3ccsc3CCN2C(=O)CN(C(=O)CC(C)C)C(C)(C)C)c(C)c1. The number of nitrogens with zero attached hydrogens (tertiary/aromatic N) is 2. The molecule has 180 valence electrons. The van der Waals surface area contributed by atoms with E-state index >= 15 is 0 Å². The number of benzene rings is 1. The van der Waals surface area contributed by atoms with Crippen LogP contribution in [0.3, 0.4) is 0 Å². The summed E-state index contributed by atoms with van der Waals surface area (Å²) in [6.45, 7) is 15.3. The van der Waals surface area contributed by atoms with E-state index in [9.17, 15) is 9.59 Å². The summed E-state index contributed by atoms with van der Waals surface area (Å²) < 4.78 is 6.24. The average molecular weight is 471 g/mol. The van der Waals surface area contributed by atoms with E-state index < -0.39 is 5.54 Å². The Labute approximate surface area is 202 Å². The van der Waals surface area contributed by atoms with Gasteiger partial charge in [0.2, 0.25) is 11.8 Å². The smallest absolute Gasteiger partial charge is 0.242 e. The first-order valence-electron chi connectivity index (χ1n) is 11.8. The summed E-state index contributed by atoms with van der Waals surface area (Å²) >= 11 is 1.74. The molecule has 0 bridgehead atoms. The maximum atomic E-state index is 13.6. The molecule has 0 saturated heterocycles. The first-order chi connectivity index (χ1) is 15.5. The van der Waals surface area contributed by atoms with Crippen molar-refractivity contribution in [3.05, 3.63) is 51.2 Å². The van der Waals surface area contributed by atoms with Crippen LogP contribution in [0.15, 0.2) is 29.6 Å². The van der Waals surface area contributed by atoms with Crippen molar-refractivity contribution in [2.45, 2.75) is 72.9 Å². The highest BCUT2D eigenvalue weighted by atomic mass is 32.1. The van der Waals surface area contributed by atoms with E-state index in [4.69, 9.17) is 4.74 Å². The van der Waals surface area contributed by atoms with Gasteiger partial charge in [-0.2, -0.15) is 0 Å². The average Bonchev–Trinajstić information content (AvgIpc) is 3.18. The number of aryl methyl sites for hydroxylation is 2. The van der Waals surface area contributed by atoms with E-state index in [1.54, 1.807) is 16.2 Å². The highest BCUT2D eigenvalue weighted by Gasteiger charge is 2.36. The molecule has 1 atom stereocenters. The Hall–Kier alpha value is -2.34. The number of amides is 2. The zero-order chi connectivity index (χ0) is 24.3. The summed E-state index contributed by atoms with van der Waals surface area (Å²) in [5, 5.41) is 2.09. The predicted octanol–water partition coefficient (Wildman–Crippen LogP) is 5.54. The van der Waals surface area contributed by atoms with Gasteiger partial charge < -0.3 is 14.5 Å². The van der Waals surface area contributed by atoms with Crippen LogP contribution in [0.4, 0.5) is 0 Å². The zero-order valence-corrected chi connectivity index (χ0v) is 21.9. The topological polar surface area (TPSA) is 49.9 Å². The minimum atomic E-state index is -0.421. The largest absolute Gasteiger partial charge is 0.491 e. The summed E-state index contributed by atoms with van der Waals surface area (Å²) in [6, 6.07) is 8.11. The summed E-state index contributed by atoms with van der Waals surface area (Å²) in [5.74, 6) is 1.11. The lowest BCUT2D eigenvalue weighted by Crippen LogP contribution is -2.53. The third-order valence-corrected chi connectivity index (χ3v) is 7.13. The van der Waals surface area contributed by atoms with Crippen LogP contribution >= 0.6 is 11.3 Å². The molecule has 2 heterocycles. The summed E-state index contributed by atoms with van der Waals surface area (Å²) in [5.41, 5.74) is 3.03. The molecule has 33 heavy (non-hydrogen) atoms. The van der Waals surface area contributed by atoms with Crippen molar-refractivity contribution < 1.29 is 14.3 Å². The van der Waals surface area contributed by atoms with Gasteiger partial charge in [0.05, 0.1) is 6.04 Å². The van der Waals surface area contributed by atoms with Crippen LogP contribution in [0.1, 0.15) is 68.6 Å². The van der Waals surface area contributed by atoms with Gasteiger partial charge in [0.25, 0.3) is 0 Å². The molecular formula is C27H38N2O3S. The number of ether oxygens (including phenoxy) is 1. The Morgan fingerprint density at radius 1 is 1.21 bits per heavy atom. The number of thiophene rings is 1. The maximum absolute atomic E-state index is 13.6. The van der Waals surface area contributed by atoms with Gasteiger partial charge in [-0.1, -0.05) is 31.5 Å². The lowest BCUT2D eigenvalue weighted by molar-refractivity contribution is -0.147. The second-order valence-corrected chi connectivity index (χ2v) is 11.5. The molecule has 2 amide bonds. The van der Waals surface area contributed by atoms with Crippen LogP contribution in [0, 0.1) is 19.8 Å². The minimum absolute atomic E-state index is 0.0203. The lowest BCUT2D eigenvalue weighted by Gasteiger charge is -2.40. The molecule has 1 aromatic carbocycles. The van der Waals surface area contributed by atoms with Crippen LogP contribution in [0.5, 0.6) is 5.75 Å². The molecule has 2 aromatic rings. The fourth-order valence-electron chi connectivity index (χ4n) is 4.39. The van der Waals surface area contributed by atoms with Crippen molar-refractivity contribution in [3.63, 3.8) is 0 Å². The molecule has 1 unspecified atom stereocenters. The van der Waals surface area contributed by atoms with Crippen LogP contribution < -0.4 is 4.74 Å². The van der Waals surface area contributed by atoms with Gasteiger partial charge in [0.1, 0.15) is 18.9 Å². The molecule has 0 radical (unpaired) electrons. The number of carbonyl (C=O) groups is 2. The number of carbonyl (C=O) groups excluding carboxylic acids is 2. The Morgan fingerprint density at radius 3 is 2.58 bits per heavy atom. The van der Waals surface area contributed by atoms with Gasteiger partial charge in [-0.15, -0.1) is 11.3 Å². The first-order valence-corrected chi connectivity index (χ1v) is 12.7. The molecule has 1 aliphatic heterocycles. The molecule has 0 spiro atoms. The Bertz CT molecular complexity index is 989. The van der Waals surface area contributed by atoms with Crippen molar-refractivity contribution in [2.24, 2.45) is 5.92 Å². The minimum Gasteiger partial charge on any atom is -0.491 e. The van der Waals surface area contributed by atoms with Crippen molar-refractivity contribution in [2.75, 3.05) is 19.7 Å².